The van der Waals surface area contributed by atoms with E-state index >= 15 is 0 Å². The van der Waals surface area contributed by atoms with Crippen molar-refractivity contribution < 1.29 is 23.9 Å². The van der Waals surface area contributed by atoms with E-state index in [0.29, 0.717) is 37.3 Å². The van der Waals surface area contributed by atoms with Crippen LogP contribution >= 0.6 is 45.8 Å². The van der Waals surface area contributed by atoms with Gasteiger partial charge in [0, 0.05) is 10.0 Å². The largest absolute Gasteiger partial charge is 0.490 e. The highest BCUT2D eigenvalue weighted by molar-refractivity contribution is 14.1. The molecule has 0 aliphatic carbocycles. The third-order valence-electron chi connectivity index (χ3n) is 5.43. The first-order valence-electron chi connectivity index (χ1n) is 11.2. The summed E-state index contributed by atoms with van der Waals surface area (Å²) < 4.78 is 12.5. The number of carbonyl (C=O) groups excluding carboxylic acids is 3. The minimum atomic E-state index is -0.846. The number of halogens is 3. The molecule has 1 N–H and O–H groups in total. The zero-order valence-electron chi connectivity index (χ0n) is 19.8. The molecular weight excluding hydrogens is 630 g/mol. The summed E-state index contributed by atoms with van der Waals surface area (Å²) in [5, 5.41) is 3.22. The van der Waals surface area contributed by atoms with Crippen molar-refractivity contribution in [3.05, 3.63) is 90.5 Å². The fourth-order valence-corrected chi connectivity index (χ4v) is 4.80. The first-order valence-corrected chi connectivity index (χ1v) is 13.0. The summed E-state index contributed by atoms with van der Waals surface area (Å²) in [6, 6.07) is 14.7. The molecule has 4 amide bonds. The van der Waals surface area contributed by atoms with Gasteiger partial charge in [0.25, 0.3) is 11.8 Å². The van der Waals surface area contributed by atoms with Crippen LogP contribution in [0.4, 0.5) is 10.5 Å². The number of aryl methyl sites for hydroxylation is 1. The van der Waals surface area contributed by atoms with Gasteiger partial charge >= 0.3 is 6.03 Å². The first kappa shape index (κ1) is 27.0. The molecule has 190 valence electrons. The van der Waals surface area contributed by atoms with Crippen LogP contribution in [0.5, 0.6) is 11.5 Å². The number of rotatable bonds is 7. The molecule has 10 heteroatoms. The number of barbiturate groups is 1. The fraction of sp³-hybridized carbons (Fsp3) is 0.148. The van der Waals surface area contributed by atoms with Crippen LogP contribution in [0.1, 0.15) is 23.6 Å². The number of urea groups is 1. The quantitative estimate of drug-likeness (QED) is 0.178. The normalized spacial score (nSPS) is 14.7. The van der Waals surface area contributed by atoms with Crippen molar-refractivity contribution in [1.82, 2.24) is 5.32 Å². The number of carbonyl (C=O) groups is 3. The highest BCUT2D eigenvalue weighted by atomic mass is 127. The molecule has 3 aromatic carbocycles. The van der Waals surface area contributed by atoms with Gasteiger partial charge in [-0.1, -0.05) is 41.4 Å². The smallest absolute Gasteiger partial charge is 0.335 e. The van der Waals surface area contributed by atoms with E-state index in [9.17, 15) is 14.4 Å². The van der Waals surface area contributed by atoms with Crippen LogP contribution in [0.25, 0.3) is 6.08 Å². The lowest BCUT2D eigenvalue weighted by molar-refractivity contribution is -0.122. The van der Waals surface area contributed by atoms with E-state index in [1.807, 2.05) is 25.1 Å². The molecule has 0 unspecified atom stereocenters. The maximum Gasteiger partial charge on any atom is 0.335 e. The Hall–Kier alpha value is -3.08. The Morgan fingerprint density at radius 3 is 2.51 bits per heavy atom. The molecule has 1 fully saturated rings. The number of amides is 4. The molecule has 0 radical (unpaired) electrons. The zero-order valence-corrected chi connectivity index (χ0v) is 23.5. The van der Waals surface area contributed by atoms with Gasteiger partial charge in [0.1, 0.15) is 12.2 Å². The molecule has 4 rings (SSSR count). The third kappa shape index (κ3) is 6.08. The van der Waals surface area contributed by atoms with Gasteiger partial charge in [-0.2, -0.15) is 0 Å². The fourth-order valence-electron chi connectivity index (χ4n) is 3.64. The monoisotopic (exact) mass is 650 g/mol. The Kier molecular flexibility index (Phi) is 8.41. The van der Waals surface area contributed by atoms with Crippen molar-refractivity contribution in [1.29, 1.82) is 0 Å². The van der Waals surface area contributed by atoms with Crippen LogP contribution < -0.4 is 19.7 Å². The second-order valence-corrected chi connectivity index (χ2v) is 10.1. The molecule has 37 heavy (non-hydrogen) atoms. The maximum atomic E-state index is 13.3. The predicted molar refractivity (Wildman–Crippen MR) is 151 cm³/mol. The average Bonchev–Trinajstić information content (AvgIpc) is 2.83. The Bertz CT molecular complexity index is 1440. The zero-order chi connectivity index (χ0) is 26.7. The highest BCUT2D eigenvalue weighted by Gasteiger charge is 2.37. The lowest BCUT2D eigenvalue weighted by Gasteiger charge is -2.26. The van der Waals surface area contributed by atoms with Crippen LogP contribution in [-0.4, -0.2) is 24.5 Å². The van der Waals surface area contributed by atoms with Crippen LogP contribution in [0.15, 0.2) is 60.2 Å². The van der Waals surface area contributed by atoms with Crippen molar-refractivity contribution in [2.75, 3.05) is 11.5 Å². The molecule has 0 spiro atoms. The van der Waals surface area contributed by atoms with Gasteiger partial charge in [0.2, 0.25) is 0 Å². The predicted octanol–water partition coefficient (Wildman–Crippen LogP) is 6.55. The van der Waals surface area contributed by atoms with Gasteiger partial charge < -0.3 is 9.47 Å². The summed E-state index contributed by atoms with van der Waals surface area (Å²) in [5.41, 5.74) is 2.26. The molecule has 1 heterocycles. The minimum absolute atomic E-state index is 0.206. The van der Waals surface area contributed by atoms with Gasteiger partial charge in [-0.3, -0.25) is 14.9 Å². The topological polar surface area (TPSA) is 84.9 Å². The van der Waals surface area contributed by atoms with Gasteiger partial charge in [0.15, 0.2) is 11.5 Å². The van der Waals surface area contributed by atoms with Crippen LogP contribution in [-0.2, 0) is 16.2 Å². The summed E-state index contributed by atoms with van der Waals surface area (Å²) in [4.78, 5) is 39.3. The molecule has 1 aliphatic heterocycles. The molecule has 1 saturated heterocycles. The second-order valence-electron chi connectivity index (χ2n) is 8.07. The number of nitrogens with one attached hydrogen (secondary N) is 1. The lowest BCUT2D eigenvalue weighted by Crippen LogP contribution is -2.54. The summed E-state index contributed by atoms with van der Waals surface area (Å²) in [6.45, 7) is 4.29. The van der Waals surface area contributed by atoms with Crippen molar-refractivity contribution in [3.63, 3.8) is 0 Å². The molecule has 0 atom stereocenters. The van der Waals surface area contributed by atoms with Gasteiger partial charge in [-0.25, -0.2) is 9.69 Å². The maximum absolute atomic E-state index is 13.3. The van der Waals surface area contributed by atoms with Gasteiger partial charge in [0.05, 0.1) is 15.9 Å². The average molecular weight is 651 g/mol. The van der Waals surface area contributed by atoms with E-state index in [2.05, 4.69) is 27.9 Å². The Morgan fingerprint density at radius 1 is 1.03 bits per heavy atom. The van der Waals surface area contributed by atoms with Crippen LogP contribution in [0, 0.1) is 10.5 Å². The summed E-state index contributed by atoms with van der Waals surface area (Å²) >= 11 is 14.4. The third-order valence-corrected chi connectivity index (χ3v) is 6.87. The second kappa shape index (κ2) is 11.5. The molecule has 3 aromatic rings. The molecule has 1 aliphatic rings. The molecule has 0 saturated carbocycles. The SMILES string of the molecule is CCOc1cc(/C=C2\C(=O)NC(=O)N(c3ccc(C)c(Cl)c3)C2=O)cc(I)c1OCc1cccc(Cl)c1. The minimum Gasteiger partial charge on any atom is -0.490 e. The highest BCUT2D eigenvalue weighted by Crippen LogP contribution is 2.36. The van der Waals surface area contributed by atoms with E-state index in [1.54, 1.807) is 37.3 Å². The number of benzene rings is 3. The van der Waals surface area contributed by atoms with E-state index in [4.69, 9.17) is 32.7 Å². The van der Waals surface area contributed by atoms with E-state index in [-0.39, 0.29) is 17.9 Å². The number of hydrogen-bond acceptors (Lipinski definition) is 5. The summed E-state index contributed by atoms with van der Waals surface area (Å²) in [5.74, 6) is -0.582. The van der Waals surface area contributed by atoms with Crippen molar-refractivity contribution >= 4 is 75.4 Å². The van der Waals surface area contributed by atoms with Crippen molar-refractivity contribution in [3.8, 4) is 11.5 Å². The number of imide groups is 2. The van der Waals surface area contributed by atoms with Crippen molar-refractivity contribution in [2.45, 2.75) is 20.5 Å². The summed E-state index contributed by atoms with van der Waals surface area (Å²) in [6.07, 6.45) is 1.42. The summed E-state index contributed by atoms with van der Waals surface area (Å²) in [7, 11) is 0. The standard InChI is InChI=1S/C27H21Cl2IN2O5/c1-3-36-23-12-17(11-22(30)24(23)37-14-16-5-4-6-18(28)9-16)10-20-25(33)31-27(35)32(26(20)34)19-8-7-15(2)21(29)13-19/h4-13H,3,14H2,1-2H3,(H,31,33,35)/b20-10+. The van der Waals surface area contributed by atoms with Crippen molar-refractivity contribution in [2.24, 2.45) is 0 Å². The molecule has 0 aromatic heterocycles. The van der Waals surface area contributed by atoms with E-state index in [1.165, 1.54) is 12.1 Å². The molecule has 0 bridgehead atoms. The van der Waals surface area contributed by atoms with Gasteiger partial charge in [-0.05, 0) is 95.6 Å². The van der Waals surface area contributed by atoms with Gasteiger partial charge in [-0.15, -0.1) is 0 Å². The van der Waals surface area contributed by atoms with Crippen LogP contribution in [0.3, 0.4) is 0 Å². The molecular formula is C27H21Cl2IN2O5. The molecule has 7 nitrogen and oxygen atoms in total. The Morgan fingerprint density at radius 2 is 1.81 bits per heavy atom. The lowest BCUT2D eigenvalue weighted by atomic mass is 10.1. The number of hydrogen-bond donors (Lipinski definition) is 1. The van der Waals surface area contributed by atoms with E-state index < -0.39 is 17.8 Å². The number of nitrogens with zero attached hydrogens (tertiary/aromatic N) is 1. The number of ether oxygens (including phenoxy) is 2. The first-order chi connectivity index (χ1) is 17.7. The number of anilines is 1. The Labute approximate surface area is 237 Å². The Balaban J connectivity index is 1.67. The van der Waals surface area contributed by atoms with E-state index in [0.717, 1.165) is 16.0 Å². The van der Waals surface area contributed by atoms with Crippen LogP contribution in [0.2, 0.25) is 10.0 Å².